The smallest absolute Gasteiger partial charge is 0.339 e. The number of carboxylic acid groups (broad SMARTS) is 3. The summed E-state index contributed by atoms with van der Waals surface area (Å²) in [6.45, 7) is 6.41. The third-order valence-corrected chi connectivity index (χ3v) is 6.73. The number of nitrogens with zero attached hydrogens (tertiary/aromatic N) is 1. The fourth-order valence-corrected chi connectivity index (χ4v) is 4.03. The molecule has 0 aliphatic carbocycles. The molecule has 9 N–H and O–H groups in total. The van der Waals surface area contributed by atoms with E-state index >= 15 is 0 Å². The van der Waals surface area contributed by atoms with Crippen molar-refractivity contribution in [3.63, 3.8) is 0 Å². The number of aliphatic hydroxyl groups excluding tert-OH is 3. The third kappa shape index (κ3) is 16.1. The van der Waals surface area contributed by atoms with E-state index in [0.29, 0.717) is 43.6 Å². The van der Waals surface area contributed by atoms with Gasteiger partial charge < -0.3 is 46.2 Å². The minimum absolute atomic E-state index is 0.0671. The predicted octanol–water partition coefficient (Wildman–Crippen LogP) is 4.41. The van der Waals surface area contributed by atoms with Crippen LogP contribution in [-0.4, -0.2) is 98.0 Å². The first kappa shape index (κ1) is 42.6. The van der Waals surface area contributed by atoms with Crippen LogP contribution in [0.5, 0.6) is 11.5 Å². The topological polar surface area (TPSA) is 231 Å². The summed E-state index contributed by atoms with van der Waals surface area (Å²) in [4.78, 5) is 33.5. The van der Waals surface area contributed by atoms with Crippen LogP contribution in [0.1, 0.15) is 62.0 Å². The van der Waals surface area contributed by atoms with Gasteiger partial charge in [0.25, 0.3) is 0 Å². The number of nitrogen functional groups attached to an aromatic ring is 1. The Morgan fingerprint density at radius 2 is 1.08 bits per heavy atom. The molecule has 0 aromatic heterocycles. The molecule has 13 heteroatoms. The average Bonchev–Trinajstić information content (AvgIpc) is 3.09. The molecule has 4 aromatic carbocycles. The van der Waals surface area contributed by atoms with Crippen molar-refractivity contribution in [1.29, 1.82) is 0 Å². The van der Waals surface area contributed by atoms with Gasteiger partial charge in [-0.15, -0.1) is 0 Å². The number of anilines is 1. The number of benzene rings is 4. The van der Waals surface area contributed by atoms with Crippen LogP contribution < -0.4 is 10.5 Å². The highest BCUT2D eigenvalue weighted by atomic mass is 16.5. The predicted molar refractivity (Wildman–Crippen MR) is 189 cm³/mol. The van der Waals surface area contributed by atoms with Crippen molar-refractivity contribution in [2.24, 2.45) is 0 Å². The van der Waals surface area contributed by atoms with Crippen molar-refractivity contribution in [1.82, 2.24) is 4.90 Å². The van der Waals surface area contributed by atoms with E-state index in [-0.39, 0.29) is 42.3 Å². The van der Waals surface area contributed by atoms with E-state index in [4.69, 9.17) is 46.2 Å². The maximum absolute atomic E-state index is 11.1. The van der Waals surface area contributed by atoms with E-state index in [0.717, 1.165) is 5.56 Å². The molecule has 0 spiro atoms. The Kier molecular flexibility index (Phi) is 20.2. The first-order valence-corrected chi connectivity index (χ1v) is 15.5. The SMILES string of the molecule is CC(C)c1ccc(COc2ccccc2C(=O)O)cc1.Nc1ccccc1C(=O)O.O=C(O)c1ccccc1O.OCCN(CCO)CCO. The van der Waals surface area contributed by atoms with Crippen LogP contribution in [0.15, 0.2) is 97.1 Å². The van der Waals surface area contributed by atoms with Gasteiger partial charge in [-0.3, -0.25) is 4.90 Å². The van der Waals surface area contributed by atoms with Gasteiger partial charge in [-0.05, 0) is 53.4 Å². The van der Waals surface area contributed by atoms with E-state index in [2.05, 4.69) is 26.0 Å². The van der Waals surface area contributed by atoms with Crippen LogP contribution in [0.2, 0.25) is 0 Å². The number of phenols is 1. The van der Waals surface area contributed by atoms with E-state index in [1.807, 2.05) is 12.1 Å². The fraction of sp³-hybridized carbons (Fsp3) is 0.270. The molecule has 270 valence electrons. The molecule has 0 radical (unpaired) electrons. The van der Waals surface area contributed by atoms with Crippen molar-refractivity contribution < 1.29 is 54.9 Å². The number of carbonyl (C=O) groups is 3. The molecule has 4 rings (SSSR count). The standard InChI is InChI=1S/C17H18O3.C7H7NO2.C7H6O3.C6H15NO3/c1-12(2)14-9-7-13(8-10-14)11-20-16-6-4-3-5-15(16)17(18)19;2*8-6-4-2-1-3-5(6)7(9)10;8-4-1-7(2-5-9)3-6-10/h3-10,12H,11H2,1-2H3,(H,18,19);1-4H,8H2,(H,9,10);1-4,8H,(H,9,10);8-10H,1-6H2. The minimum Gasteiger partial charge on any atom is -0.507 e. The number of hydrogen-bond donors (Lipinski definition) is 8. The van der Waals surface area contributed by atoms with Gasteiger partial charge >= 0.3 is 17.9 Å². The number of aliphatic hydroxyl groups is 3. The van der Waals surface area contributed by atoms with Crippen LogP contribution in [-0.2, 0) is 6.61 Å². The van der Waals surface area contributed by atoms with E-state index in [1.54, 1.807) is 59.5 Å². The Morgan fingerprint density at radius 1 is 0.640 bits per heavy atom. The molecule has 0 atom stereocenters. The number of carboxylic acids is 3. The second-order valence-corrected chi connectivity index (χ2v) is 10.7. The number of aromatic carboxylic acids is 3. The van der Waals surface area contributed by atoms with Gasteiger partial charge in [0, 0.05) is 25.3 Å². The first-order chi connectivity index (χ1) is 23.9. The van der Waals surface area contributed by atoms with Crippen molar-refractivity contribution in [3.8, 4) is 11.5 Å². The Hall–Kier alpha value is -5.47. The number of ether oxygens (including phenoxy) is 1. The summed E-state index contributed by atoms with van der Waals surface area (Å²) in [5, 5.41) is 60.3. The molecule has 0 heterocycles. The second-order valence-electron chi connectivity index (χ2n) is 10.7. The highest BCUT2D eigenvalue weighted by Crippen LogP contribution is 2.20. The third-order valence-electron chi connectivity index (χ3n) is 6.73. The van der Waals surface area contributed by atoms with Gasteiger partial charge in [0.1, 0.15) is 29.2 Å². The Bertz CT molecular complexity index is 1520. The highest BCUT2D eigenvalue weighted by Gasteiger charge is 2.10. The first-order valence-electron chi connectivity index (χ1n) is 15.5. The molecule has 0 aliphatic rings. The molecule has 0 saturated heterocycles. The van der Waals surface area contributed by atoms with Crippen LogP contribution in [0, 0.1) is 0 Å². The summed E-state index contributed by atoms with van der Waals surface area (Å²) in [5.41, 5.74) is 8.22. The van der Waals surface area contributed by atoms with Crippen molar-refractivity contribution >= 4 is 23.6 Å². The van der Waals surface area contributed by atoms with Crippen LogP contribution >= 0.6 is 0 Å². The lowest BCUT2D eigenvalue weighted by atomic mass is 10.0. The number of hydrogen-bond acceptors (Lipinski definition) is 10. The quantitative estimate of drug-likeness (QED) is 0.0908. The van der Waals surface area contributed by atoms with Gasteiger partial charge in [0.2, 0.25) is 0 Å². The zero-order valence-electron chi connectivity index (χ0n) is 28.1. The molecule has 4 aromatic rings. The molecule has 0 bridgehead atoms. The van der Waals surface area contributed by atoms with Crippen LogP contribution in [0.25, 0.3) is 0 Å². The normalized spacial score (nSPS) is 10.1. The van der Waals surface area contributed by atoms with Crippen LogP contribution in [0.3, 0.4) is 0 Å². The Morgan fingerprint density at radius 3 is 1.48 bits per heavy atom. The number of aromatic hydroxyl groups is 1. The molecule has 50 heavy (non-hydrogen) atoms. The van der Waals surface area contributed by atoms with E-state index < -0.39 is 17.9 Å². The molecule has 0 unspecified atom stereocenters. The largest absolute Gasteiger partial charge is 0.507 e. The van der Waals surface area contributed by atoms with Gasteiger partial charge in [0.05, 0.1) is 25.4 Å². The lowest BCUT2D eigenvalue weighted by Crippen LogP contribution is -2.32. The monoisotopic (exact) mass is 694 g/mol. The van der Waals surface area contributed by atoms with Crippen molar-refractivity contribution in [2.45, 2.75) is 26.4 Å². The number of nitrogens with two attached hydrogens (primary N) is 1. The summed E-state index contributed by atoms with van der Waals surface area (Å²) < 4.78 is 5.60. The zero-order chi connectivity index (χ0) is 37.5. The number of para-hydroxylation sites is 3. The van der Waals surface area contributed by atoms with Crippen molar-refractivity contribution in [3.05, 3.63) is 125 Å². The Balaban J connectivity index is 0.000000356. The molecular weight excluding hydrogens is 648 g/mol. The van der Waals surface area contributed by atoms with Crippen LogP contribution in [0.4, 0.5) is 5.69 Å². The highest BCUT2D eigenvalue weighted by molar-refractivity contribution is 5.93. The maximum Gasteiger partial charge on any atom is 0.339 e. The molecular formula is C37H46N2O11. The van der Waals surface area contributed by atoms with Gasteiger partial charge in [0.15, 0.2) is 0 Å². The van der Waals surface area contributed by atoms with E-state index in [9.17, 15) is 14.4 Å². The van der Waals surface area contributed by atoms with E-state index in [1.165, 1.54) is 23.8 Å². The van der Waals surface area contributed by atoms with Gasteiger partial charge in [-0.1, -0.05) is 74.5 Å². The minimum atomic E-state index is -1.11. The zero-order valence-corrected chi connectivity index (χ0v) is 28.1. The molecule has 0 fully saturated rings. The lowest BCUT2D eigenvalue weighted by molar-refractivity contribution is 0.0681. The summed E-state index contributed by atoms with van der Waals surface area (Å²) in [6, 6.07) is 27.0. The average molecular weight is 695 g/mol. The molecule has 13 nitrogen and oxygen atoms in total. The van der Waals surface area contributed by atoms with Gasteiger partial charge in [-0.2, -0.15) is 0 Å². The Labute approximate surface area is 291 Å². The molecule has 0 saturated carbocycles. The maximum atomic E-state index is 11.1. The van der Waals surface area contributed by atoms with Gasteiger partial charge in [-0.25, -0.2) is 14.4 Å². The summed E-state index contributed by atoms with van der Waals surface area (Å²) in [5.74, 6) is -2.38. The summed E-state index contributed by atoms with van der Waals surface area (Å²) in [7, 11) is 0. The summed E-state index contributed by atoms with van der Waals surface area (Å²) in [6.07, 6.45) is 0. The fourth-order valence-electron chi connectivity index (χ4n) is 4.03. The molecule has 0 aliphatic heterocycles. The number of rotatable bonds is 13. The second kappa shape index (κ2) is 23.8. The lowest BCUT2D eigenvalue weighted by Gasteiger charge is -2.17. The summed E-state index contributed by atoms with van der Waals surface area (Å²) >= 11 is 0. The molecule has 0 amide bonds. The van der Waals surface area contributed by atoms with Crippen molar-refractivity contribution in [2.75, 3.05) is 45.2 Å².